The van der Waals surface area contributed by atoms with E-state index in [-0.39, 0.29) is 6.04 Å². The molecule has 1 saturated carbocycles. The summed E-state index contributed by atoms with van der Waals surface area (Å²) in [4.78, 5) is 0. The van der Waals surface area contributed by atoms with Gasteiger partial charge in [-0.2, -0.15) is 0 Å². The second-order valence-corrected chi connectivity index (χ2v) is 6.36. The second kappa shape index (κ2) is 5.12. The van der Waals surface area contributed by atoms with Gasteiger partial charge in [0.2, 0.25) is 10.0 Å². The topological polar surface area (TPSA) is 46.2 Å². The smallest absolute Gasteiger partial charge is 0.212 e. The summed E-state index contributed by atoms with van der Waals surface area (Å²) in [5.74, 6) is 0.713. The Labute approximate surface area is 87.3 Å². The van der Waals surface area contributed by atoms with E-state index in [9.17, 15) is 8.42 Å². The van der Waals surface area contributed by atoms with Crippen molar-refractivity contribution in [1.29, 1.82) is 0 Å². The van der Waals surface area contributed by atoms with Crippen LogP contribution in [0.5, 0.6) is 0 Å². The summed E-state index contributed by atoms with van der Waals surface area (Å²) in [6.45, 7) is 3.72. The van der Waals surface area contributed by atoms with Crippen LogP contribution in [0.3, 0.4) is 0 Å². The molecule has 1 N–H and O–H groups in total. The number of hydrogen-bond donors (Lipinski definition) is 1. The molecule has 1 rings (SSSR count). The van der Waals surface area contributed by atoms with E-state index in [2.05, 4.69) is 4.72 Å². The fourth-order valence-electron chi connectivity index (χ4n) is 2.07. The summed E-state index contributed by atoms with van der Waals surface area (Å²) in [6.07, 6.45) is 5.83. The fraction of sp³-hybridized carbons (Fsp3) is 1.00. The molecule has 0 aromatic rings. The lowest BCUT2D eigenvalue weighted by atomic mass is 9.91. The van der Waals surface area contributed by atoms with Gasteiger partial charge in [-0.25, -0.2) is 13.1 Å². The molecule has 0 spiro atoms. The molecule has 0 saturated heterocycles. The van der Waals surface area contributed by atoms with Crippen molar-refractivity contribution in [1.82, 2.24) is 4.72 Å². The number of nitrogens with one attached hydrogen (secondary N) is 1. The minimum absolute atomic E-state index is 0.0172. The van der Waals surface area contributed by atoms with Gasteiger partial charge in [0.15, 0.2) is 0 Å². The first-order chi connectivity index (χ1) is 6.49. The maximum Gasteiger partial charge on any atom is 0.212 e. The molecule has 1 fully saturated rings. The van der Waals surface area contributed by atoms with Crippen molar-refractivity contribution in [2.75, 3.05) is 5.75 Å². The highest BCUT2D eigenvalue weighted by atomic mass is 32.2. The van der Waals surface area contributed by atoms with Crippen LogP contribution in [-0.4, -0.2) is 20.2 Å². The number of rotatable bonds is 4. The van der Waals surface area contributed by atoms with Crippen LogP contribution in [0.4, 0.5) is 0 Å². The van der Waals surface area contributed by atoms with Gasteiger partial charge in [-0.15, -0.1) is 0 Å². The third-order valence-electron chi connectivity index (χ3n) is 2.60. The molecule has 84 valence electrons. The Kier molecular flexibility index (Phi) is 4.38. The first-order valence-electron chi connectivity index (χ1n) is 5.49. The maximum absolute atomic E-state index is 11.6. The molecule has 0 bridgehead atoms. The summed E-state index contributed by atoms with van der Waals surface area (Å²) in [5, 5.41) is 0. The quantitative estimate of drug-likeness (QED) is 0.785. The van der Waals surface area contributed by atoms with Crippen molar-refractivity contribution in [3.05, 3.63) is 0 Å². The Morgan fingerprint density at radius 1 is 1.21 bits per heavy atom. The predicted octanol–water partition coefficient (Wildman–Crippen LogP) is 1.89. The monoisotopic (exact) mass is 219 g/mol. The minimum atomic E-state index is -3.03. The molecule has 0 aliphatic heterocycles. The van der Waals surface area contributed by atoms with Gasteiger partial charge in [0.25, 0.3) is 0 Å². The van der Waals surface area contributed by atoms with Crippen LogP contribution in [0.15, 0.2) is 0 Å². The molecular weight excluding hydrogens is 198 g/mol. The SMILES string of the molecule is CC(C)NS(=O)(=O)CC1CCCCC1. The van der Waals surface area contributed by atoms with Crippen molar-refractivity contribution in [2.24, 2.45) is 5.92 Å². The Bertz CT molecular complexity index is 253. The lowest BCUT2D eigenvalue weighted by Gasteiger charge is -2.21. The standard InChI is InChI=1S/C10H21NO2S/c1-9(2)11-14(12,13)8-10-6-4-3-5-7-10/h9-11H,3-8H2,1-2H3. The van der Waals surface area contributed by atoms with E-state index in [1.165, 1.54) is 19.3 Å². The third-order valence-corrected chi connectivity index (χ3v) is 4.34. The molecule has 0 amide bonds. The van der Waals surface area contributed by atoms with E-state index < -0.39 is 10.0 Å². The number of sulfonamides is 1. The predicted molar refractivity (Wildman–Crippen MR) is 58.6 cm³/mol. The molecule has 14 heavy (non-hydrogen) atoms. The van der Waals surface area contributed by atoms with Gasteiger partial charge < -0.3 is 0 Å². The van der Waals surface area contributed by atoms with E-state index in [4.69, 9.17) is 0 Å². The molecule has 3 nitrogen and oxygen atoms in total. The average molecular weight is 219 g/mol. The summed E-state index contributed by atoms with van der Waals surface area (Å²) < 4.78 is 25.8. The highest BCUT2D eigenvalue weighted by molar-refractivity contribution is 7.89. The van der Waals surface area contributed by atoms with Gasteiger partial charge in [0.05, 0.1) is 5.75 Å². The van der Waals surface area contributed by atoms with Crippen LogP contribution in [-0.2, 0) is 10.0 Å². The summed E-state index contributed by atoms with van der Waals surface area (Å²) >= 11 is 0. The van der Waals surface area contributed by atoms with E-state index in [0.717, 1.165) is 12.8 Å². The van der Waals surface area contributed by atoms with Crippen molar-refractivity contribution in [2.45, 2.75) is 52.0 Å². The first-order valence-corrected chi connectivity index (χ1v) is 7.15. The average Bonchev–Trinajstić information content (AvgIpc) is 2.02. The summed E-state index contributed by atoms with van der Waals surface area (Å²) in [7, 11) is -3.03. The molecule has 1 aliphatic rings. The zero-order valence-electron chi connectivity index (χ0n) is 9.12. The van der Waals surface area contributed by atoms with Crippen molar-refractivity contribution in [3.63, 3.8) is 0 Å². The van der Waals surface area contributed by atoms with Crippen LogP contribution < -0.4 is 4.72 Å². The lowest BCUT2D eigenvalue weighted by molar-refractivity contribution is 0.383. The van der Waals surface area contributed by atoms with E-state index in [0.29, 0.717) is 11.7 Å². The maximum atomic E-state index is 11.6. The largest absolute Gasteiger partial charge is 0.213 e. The first kappa shape index (κ1) is 12.0. The zero-order valence-corrected chi connectivity index (χ0v) is 9.94. The van der Waals surface area contributed by atoms with Gasteiger partial charge in [-0.3, -0.25) is 0 Å². The number of hydrogen-bond acceptors (Lipinski definition) is 2. The summed E-state index contributed by atoms with van der Waals surface area (Å²) in [5.41, 5.74) is 0. The van der Waals surface area contributed by atoms with Crippen LogP contribution in [0.25, 0.3) is 0 Å². The summed E-state index contributed by atoms with van der Waals surface area (Å²) in [6, 6.07) is 0.0172. The van der Waals surface area contributed by atoms with Crippen LogP contribution in [0.1, 0.15) is 46.0 Å². The van der Waals surface area contributed by atoms with Crippen molar-refractivity contribution < 1.29 is 8.42 Å². The minimum Gasteiger partial charge on any atom is -0.213 e. The Morgan fingerprint density at radius 2 is 1.79 bits per heavy atom. The van der Waals surface area contributed by atoms with Crippen LogP contribution in [0.2, 0.25) is 0 Å². The molecule has 0 radical (unpaired) electrons. The van der Waals surface area contributed by atoms with E-state index in [1.807, 2.05) is 13.8 Å². The van der Waals surface area contributed by atoms with Gasteiger partial charge in [0, 0.05) is 6.04 Å². The third kappa shape index (κ3) is 4.42. The lowest BCUT2D eigenvalue weighted by Crippen LogP contribution is -2.35. The molecule has 1 aliphatic carbocycles. The van der Waals surface area contributed by atoms with Gasteiger partial charge in [0.1, 0.15) is 0 Å². The van der Waals surface area contributed by atoms with E-state index >= 15 is 0 Å². The Hall–Kier alpha value is -0.0900. The van der Waals surface area contributed by atoms with Crippen molar-refractivity contribution >= 4 is 10.0 Å². The Morgan fingerprint density at radius 3 is 2.29 bits per heavy atom. The van der Waals surface area contributed by atoms with Crippen LogP contribution in [0, 0.1) is 5.92 Å². The Balaban J connectivity index is 2.41. The molecule has 4 heteroatoms. The van der Waals surface area contributed by atoms with Gasteiger partial charge in [-0.1, -0.05) is 19.3 Å². The molecular formula is C10H21NO2S. The highest BCUT2D eigenvalue weighted by Crippen LogP contribution is 2.24. The second-order valence-electron chi connectivity index (χ2n) is 4.56. The zero-order chi connectivity index (χ0) is 10.6. The van der Waals surface area contributed by atoms with Gasteiger partial charge in [-0.05, 0) is 32.6 Å². The molecule has 0 aromatic carbocycles. The molecule has 0 heterocycles. The molecule has 0 atom stereocenters. The van der Waals surface area contributed by atoms with Gasteiger partial charge >= 0.3 is 0 Å². The van der Waals surface area contributed by atoms with Crippen LogP contribution >= 0.6 is 0 Å². The molecule has 0 unspecified atom stereocenters. The van der Waals surface area contributed by atoms with Crippen molar-refractivity contribution in [3.8, 4) is 0 Å². The fourth-order valence-corrected chi connectivity index (χ4v) is 3.84. The molecule has 0 aromatic heterocycles. The normalized spacial score (nSPS) is 20.2. The highest BCUT2D eigenvalue weighted by Gasteiger charge is 2.21. The van der Waals surface area contributed by atoms with E-state index in [1.54, 1.807) is 0 Å².